The molecule has 0 spiro atoms. The van der Waals surface area contributed by atoms with E-state index in [2.05, 4.69) is 9.88 Å². The first-order valence-corrected chi connectivity index (χ1v) is 8.70. The molecule has 2 aliphatic heterocycles. The van der Waals surface area contributed by atoms with Crippen molar-refractivity contribution in [3.63, 3.8) is 0 Å². The molecule has 0 saturated carbocycles. The Balaban J connectivity index is 1.57. The van der Waals surface area contributed by atoms with Crippen LogP contribution in [0.4, 0.5) is 5.69 Å². The number of fused-ring (bicyclic) bond motifs is 1. The number of piperidine rings is 1. The number of amides is 1. The molecule has 0 N–H and O–H groups in total. The Morgan fingerprint density at radius 3 is 2.82 bits per heavy atom. The van der Waals surface area contributed by atoms with Crippen LogP contribution in [0, 0.1) is 0 Å². The van der Waals surface area contributed by atoms with Gasteiger partial charge in [-0.15, -0.1) is 11.3 Å². The lowest BCUT2D eigenvalue weighted by Gasteiger charge is -2.39. The molecular weight excluding hydrogens is 294 g/mol. The van der Waals surface area contributed by atoms with Gasteiger partial charge >= 0.3 is 0 Å². The molecule has 4 rings (SSSR count). The third-order valence-corrected chi connectivity index (χ3v) is 5.50. The number of carbonyl (C=O) groups excluding carboxylic acids is 1. The second kappa shape index (κ2) is 5.82. The maximum Gasteiger partial charge on any atom is 0.227 e. The van der Waals surface area contributed by atoms with Gasteiger partial charge in [0.2, 0.25) is 5.91 Å². The first-order valence-electron chi connectivity index (χ1n) is 7.82. The minimum absolute atomic E-state index is 0.267. The Morgan fingerprint density at radius 1 is 1.18 bits per heavy atom. The highest BCUT2D eigenvalue weighted by Gasteiger charge is 2.43. The van der Waals surface area contributed by atoms with Crippen molar-refractivity contribution in [1.82, 2.24) is 9.88 Å². The second-order valence-electron chi connectivity index (χ2n) is 5.96. The Hall–Kier alpha value is -1.72. The SMILES string of the molecule is O=C1CC[C@H]2[C@H](CCN2Cc2nccs2)N1c1ccccc1. The van der Waals surface area contributed by atoms with E-state index in [-0.39, 0.29) is 5.91 Å². The molecule has 3 heterocycles. The number of hydrogen-bond acceptors (Lipinski definition) is 4. The van der Waals surface area contributed by atoms with E-state index in [1.54, 1.807) is 11.3 Å². The number of aromatic nitrogens is 1. The van der Waals surface area contributed by atoms with Crippen LogP contribution in [0.3, 0.4) is 0 Å². The largest absolute Gasteiger partial charge is 0.308 e. The van der Waals surface area contributed by atoms with Crippen LogP contribution in [0.5, 0.6) is 0 Å². The summed E-state index contributed by atoms with van der Waals surface area (Å²) < 4.78 is 0. The van der Waals surface area contributed by atoms with Crippen LogP contribution < -0.4 is 4.90 Å². The number of anilines is 1. The number of hydrogen-bond donors (Lipinski definition) is 0. The van der Waals surface area contributed by atoms with Crippen LogP contribution in [0.25, 0.3) is 0 Å². The van der Waals surface area contributed by atoms with Gasteiger partial charge in [0.15, 0.2) is 0 Å². The fourth-order valence-corrected chi connectivity index (χ4v) is 4.42. The van der Waals surface area contributed by atoms with E-state index >= 15 is 0 Å². The minimum Gasteiger partial charge on any atom is -0.308 e. The zero-order chi connectivity index (χ0) is 14.9. The fraction of sp³-hybridized carbons (Fsp3) is 0.412. The normalized spacial score (nSPS) is 25.5. The van der Waals surface area contributed by atoms with Crippen molar-refractivity contribution in [2.45, 2.75) is 37.9 Å². The van der Waals surface area contributed by atoms with Gasteiger partial charge in [-0.1, -0.05) is 18.2 Å². The molecule has 2 saturated heterocycles. The van der Waals surface area contributed by atoms with E-state index in [0.717, 1.165) is 31.6 Å². The Labute approximate surface area is 134 Å². The van der Waals surface area contributed by atoms with Crippen LogP contribution in [0.1, 0.15) is 24.3 Å². The summed E-state index contributed by atoms with van der Waals surface area (Å²) in [6.45, 7) is 1.96. The van der Waals surface area contributed by atoms with Crippen molar-refractivity contribution in [2.24, 2.45) is 0 Å². The third-order valence-electron chi connectivity index (χ3n) is 4.74. The van der Waals surface area contributed by atoms with Crippen molar-refractivity contribution >= 4 is 22.9 Å². The summed E-state index contributed by atoms with van der Waals surface area (Å²) in [6.07, 6.45) is 4.54. The van der Waals surface area contributed by atoms with E-state index in [0.29, 0.717) is 18.5 Å². The lowest BCUT2D eigenvalue weighted by atomic mass is 9.95. The molecule has 0 radical (unpaired) electrons. The van der Waals surface area contributed by atoms with E-state index in [1.807, 2.05) is 46.8 Å². The second-order valence-corrected chi connectivity index (χ2v) is 6.94. The molecule has 114 valence electrons. The summed E-state index contributed by atoms with van der Waals surface area (Å²) in [5, 5.41) is 3.20. The first kappa shape index (κ1) is 13.9. The Morgan fingerprint density at radius 2 is 2.05 bits per heavy atom. The summed E-state index contributed by atoms with van der Waals surface area (Å²) in [5.74, 6) is 0.267. The molecule has 22 heavy (non-hydrogen) atoms. The van der Waals surface area contributed by atoms with Crippen molar-refractivity contribution in [1.29, 1.82) is 0 Å². The predicted octanol–water partition coefficient (Wildman–Crippen LogP) is 2.91. The number of nitrogens with zero attached hydrogens (tertiary/aromatic N) is 3. The summed E-state index contributed by atoms with van der Waals surface area (Å²) in [6, 6.07) is 10.9. The highest BCUT2D eigenvalue weighted by atomic mass is 32.1. The number of carbonyl (C=O) groups is 1. The van der Waals surface area contributed by atoms with Gasteiger partial charge in [-0.3, -0.25) is 9.69 Å². The number of rotatable bonds is 3. The van der Waals surface area contributed by atoms with Crippen LogP contribution in [0.2, 0.25) is 0 Å². The van der Waals surface area contributed by atoms with Gasteiger partial charge < -0.3 is 4.90 Å². The van der Waals surface area contributed by atoms with Gasteiger partial charge in [0, 0.05) is 36.3 Å². The van der Waals surface area contributed by atoms with Crippen LogP contribution >= 0.6 is 11.3 Å². The molecule has 0 bridgehead atoms. The molecule has 2 fully saturated rings. The van der Waals surface area contributed by atoms with Crippen molar-refractivity contribution in [3.05, 3.63) is 46.9 Å². The molecule has 1 amide bonds. The summed E-state index contributed by atoms with van der Waals surface area (Å²) in [4.78, 5) is 21.4. The van der Waals surface area contributed by atoms with E-state index in [1.165, 1.54) is 5.01 Å². The maximum absolute atomic E-state index is 12.5. The Bertz CT molecular complexity index is 643. The van der Waals surface area contributed by atoms with E-state index in [4.69, 9.17) is 0 Å². The predicted molar refractivity (Wildman–Crippen MR) is 87.9 cm³/mol. The molecule has 2 aliphatic rings. The number of benzene rings is 1. The van der Waals surface area contributed by atoms with E-state index < -0.39 is 0 Å². The highest BCUT2D eigenvalue weighted by molar-refractivity contribution is 7.09. The van der Waals surface area contributed by atoms with Gasteiger partial charge in [-0.25, -0.2) is 4.98 Å². The lowest BCUT2D eigenvalue weighted by molar-refractivity contribution is -0.120. The van der Waals surface area contributed by atoms with Crippen molar-refractivity contribution < 1.29 is 4.79 Å². The van der Waals surface area contributed by atoms with Gasteiger partial charge in [0.05, 0.1) is 12.6 Å². The Kier molecular flexibility index (Phi) is 3.68. The standard InChI is InChI=1S/C17H19N3OS/c21-17-7-6-14-15(20(17)13-4-2-1-3-5-13)8-10-19(14)12-16-18-9-11-22-16/h1-5,9,11,14-15H,6-8,10,12H2/t14-,15-/m0/s1. The molecular formula is C17H19N3OS. The molecule has 0 unspecified atom stereocenters. The molecule has 5 heteroatoms. The summed E-state index contributed by atoms with van der Waals surface area (Å²) >= 11 is 1.71. The molecule has 2 aromatic rings. The quantitative estimate of drug-likeness (QED) is 0.874. The third kappa shape index (κ3) is 2.44. The number of thiazole rings is 1. The van der Waals surface area contributed by atoms with Crippen LogP contribution in [0.15, 0.2) is 41.9 Å². The number of likely N-dealkylation sites (tertiary alicyclic amines) is 1. The maximum atomic E-state index is 12.5. The lowest BCUT2D eigenvalue weighted by Crippen LogP contribution is -2.52. The average Bonchev–Trinajstić information content (AvgIpc) is 3.19. The fourth-order valence-electron chi connectivity index (χ4n) is 3.78. The van der Waals surface area contributed by atoms with Crippen molar-refractivity contribution in [2.75, 3.05) is 11.4 Å². The zero-order valence-corrected chi connectivity index (χ0v) is 13.2. The smallest absolute Gasteiger partial charge is 0.227 e. The molecule has 1 aromatic carbocycles. The first-order chi connectivity index (χ1) is 10.8. The van der Waals surface area contributed by atoms with Gasteiger partial charge in [-0.2, -0.15) is 0 Å². The summed E-state index contributed by atoms with van der Waals surface area (Å²) in [7, 11) is 0. The summed E-state index contributed by atoms with van der Waals surface area (Å²) in [5.41, 5.74) is 1.04. The molecule has 2 atom stereocenters. The zero-order valence-electron chi connectivity index (χ0n) is 12.4. The highest BCUT2D eigenvalue weighted by Crippen LogP contribution is 2.35. The van der Waals surface area contributed by atoms with Crippen LogP contribution in [-0.2, 0) is 11.3 Å². The average molecular weight is 313 g/mol. The van der Waals surface area contributed by atoms with E-state index in [9.17, 15) is 4.79 Å². The van der Waals surface area contributed by atoms with Crippen LogP contribution in [-0.4, -0.2) is 34.4 Å². The monoisotopic (exact) mass is 313 g/mol. The topological polar surface area (TPSA) is 36.4 Å². The van der Waals surface area contributed by atoms with Gasteiger partial charge in [0.25, 0.3) is 0 Å². The van der Waals surface area contributed by atoms with Gasteiger partial charge in [0.1, 0.15) is 5.01 Å². The molecule has 4 nitrogen and oxygen atoms in total. The molecule has 1 aromatic heterocycles. The minimum atomic E-state index is 0.267. The number of para-hydroxylation sites is 1. The van der Waals surface area contributed by atoms with Crippen molar-refractivity contribution in [3.8, 4) is 0 Å². The molecule has 0 aliphatic carbocycles. The van der Waals surface area contributed by atoms with Gasteiger partial charge in [-0.05, 0) is 25.0 Å².